The Kier molecular flexibility index (Phi) is 2.18. The van der Waals surface area contributed by atoms with E-state index in [9.17, 15) is 4.79 Å². The third-order valence-electron chi connectivity index (χ3n) is 1.09. The van der Waals surface area contributed by atoms with E-state index in [4.69, 9.17) is 5.21 Å². The van der Waals surface area contributed by atoms with Gasteiger partial charge in [-0.25, -0.2) is 5.06 Å². The fourth-order valence-corrected chi connectivity index (χ4v) is 1.21. The van der Waals surface area contributed by atoms with Crippen LogP contribution in [0.1, 0.15) is 0 Å². The molecule has 54 valence electrons. The van der Waals surface area contributed by atoms with Gasteiger partial charge in [-0.1, -0.05) is 12.2 Å². The highest BCUT2D eigenvalue weighted by atomic mass is 79.9. The summed E-state index contributed by atoms with van der Waals surface area (Å²) in [6.07, 6.45) is 1.55. The predicted molar refractivity (Wildman–Crippen MR) is 43.1 cm³/mol. The molecule has 0 radical (unpaired) electrons. The van der Waals surface area contributed by atoms with Crippen LogP contribution in [-0.4, -0.2) is 27.6 Å². The van der Waals surface area contributed by atoms with Gasteiger partial charge in [-0.2, -0.15) is 0 Å². The van der Waals surface area contributed by atoms with Crippen molar-refractivity contribution in [3.63, 3.8) is 0 Å². The molecule has 1 heterocycles. The van der Waals surface area contributed by atoms with Gasteiger partial charge in [0.05, 0.1) is 11.0 Å². The van der Waals surface area contributed by atoms with Gasteiger partial charge in [0.15, 0.2) is 4.99 Å². The van der Waals surface area contributed by atoms with Crippen LogP contribution in [0.3, 0.4) is 0 Å². The van der Waals surface area contributed by atoms with Gasteiger partial charge in [0.25, 0.3) is 0 Å². The number of thiocarbonyl (C=S) groups is 1. The Bertz CT molecular complexity index is 226. The van der Waals surface area contributed by atoms with E-state index in [-0.39, 0.29) is 17.3 Å². The van der Waals surface area contributed by atoms with Crippen molar-refractivity contribution < 1.29 is 10.0 Å². The molecule has 0 fully saturated rings. The SMILES string of the molecule is O=C1C(=S)N(O)CC=C1Br. The summed E-state index contributed by atoms with van der Waals surface area (Å²) in [5, 5.41) is 9.61. The molecular weight excluding hydrogens is 218 g/mol. The third kappa shape index (κ3) is 1.25. The number of rotatable bonds is 0. The van der Waals surface area contributed by atoms with Crippen molar-refractivity contribution in [1.82, 2.24) is 5.06 Å². The van der Waals surface area contributed by atoms with Crippen LogP contribution >= 0.6 is 28.1 Å². The van der Waals surface area contributed by atoms with E-state index in [0.29, 0.717) is 4.48 Å². The van der Waals surface area contributed by atoms with Crippen LogP contribution in [0.5, 0.6) is 0 Å². The molecule has 0 atom stereocenters. The Hall–Kier alpha value is -0.260. The van der Waals surface area contributed by atoms with Crippen molar-refractivity contribution in [2.24, 2.45) is 0 Å². The molecule has 0 saturated heterocycles. The lowest BCUT2D eigenvalue weighted by Gasteiger charge is -2.18. The molecule has 0 amide bonds. The number of hydroxylamine groups is 2. The molecule has 0 unspecified atom stereocenters. The standard InChI is InChI=1S/C5H4BrNO2S/c6-3-1-2-7(9)5(10)4(3)8/h1,9H,2H2. The van der Waals surface area contributed by atoms with Gasteiger partial charge in [-0.3, -0.25) is 10.0 Å². The van der Waals surface area contributed by atoms with E-state index in [1.165, 1.54) is 0 Å². The lowest BCUT2D eigenvalue weighted by molar-refractivity contribution is -0.112. The topological polar surface area (TPSA) is 40.5 Å². The molecule has 3 nitrogen and oxygen atoms in total. The minimum Gasteiger partial charge on any atom is -0.287 e. The Morgan fingerprint density at radius 1 is 1.80 bits per heavy atom. The van der Waals surface area contributed by atoms with E-state index >= 15 is 0 Å². The summed E-state index contributed by atoms with van der Waals surface area (Å²) in [4.78, 5) is 10.8. The second-order valence-corrected chi connectivity index (χ2v) is 3.01. The van der Waals surface area contributed by atoms with Crippen LogP contribution in [0.2, 0.25) is 0 Å². The van der Waals surface area contributed by atoms with Gasteiger partial charge in [0.1, 0.15) is 0 Å². The van der Waals surface area contributed by atoms with E-state index in [1.807, 2.05) is 0 Å². The van der Waals surface area contributed by atoms with Crippen LogP contribution in [0.4, 0.5) is 0 Å². The van der Waals surface area contributed by atoms with Gasteiger partial charge in [0.2, 0.25) is 5.78 Å². The normalized spacial score (nSPS) is 19.4. The van der Waals surface area contributed by atoms with E-state index in [2.05, 4.69) is 28.1 Å². The predicted octanol–water partition coefficient (Wildman–Crippen LogP) is 0.867. The first-order valence-corrected chi connectivity index (χ1v) is 3.74. The molecule has 0 aromatic heterocycles. The lowest BCUT2D eigenvalue weighted by Crippen LogP contribution is -2.36. The molecule has 0 spiro atoms. The molecule has 0 saturated carbocycles. The third-order valence-corrected chi connectivity index (χ3v) is 2.17. The molecule has 0 bridgehead atoms. The second kappa shape index (κ2) is 2.77. The van der Waals surface area contributed by atoms with Gasteiger partial charge in [0, 0.05) is 0 Å². The van der Waals surface area contributed by atoms with Crippen LogP contribution in [0, 0.1) is 0 Å². The maximum atomic E-state index is 10.9. The van der Waals surface area contributed by atoms with Crippen molar-refractivity contribution in [2.45, 2.75) is 0 Å². The van der Waals surface area contributed by atoms with Gasteiger partial charge >= 0.3 is 0 Å². The highest BCUT2D eigenvalue weighted by Gasteiger charge is 2.21. The number of hydrogen-bond donors (Lipinski definition) is 1. The zero-order chi connectivity index (χ0) is 7.72. The number of hydrogen-bond acceptors (Lipinski definition) is 3. The number of nitrogens with zero attached hydrogens (tertiary/aromatic N) is 1. The number of halogens is 1. The zero-order valence-corrected chi connectivity index (χ0v) is 7.28. The quantitative estimate of drug-likeness (QED) is 0.617. The van der Waals surface area contributed by atoms with Crippen molar-refractivity contribution in [2.75, 3.05) is 6.54 Å². The second-order valence-electron chi connectivity index (χ2n) is 1.77. The summed E-state index contributed by atoms with van der Waals surface area (Å²) in [6.45, 7) is 0.269. The van der Waals surface area contributed by atoms with E-state index in [1.54, 1.807) is 6.08 Å². The van der Waals surface area contributed by atoms with Gasteiger partial charge in [-0.05, 0) is 22.0 Å². The van der Waals surface area contributed by atoms with Crippen LogP contribution < -0.4 is 0 Å². The first-order chi connectivity index (χ1) is 4.63. The molecule has 0 aromatic carbocycles. The fourth-order valence-electron chi connectivity index (χ4n) is 0.562. The Balaban J connectivity index is 2.91. The summed E-state index contributed by atoms with van der Waals surface area (Å²) in [7, 11) is 0. The Morgan fingerprint density at radius 3 is 2.90 bits per heavy atom. The van der Waals surface area contributed by atoms with Crippen LogP contribution in [0.15, 0.2) is 10.6 Å². The minimum atomic E-state index is -0.344. The number of Topliss-reactive ketones (excluding diaryl/α,β-unsaturated/α-hetero) is 1. The van der Waals surface area contributed by atoms with Crippen molar-refractivity contribution in [3.05, 3.63) is 10.6 Å². The summed E-state index contributed by atoms with van der Waals surface area (Å²) >= 11 is 7.59. The number of carbonyl (C=O) groups excluding carboxylic acids is 1. The number of carbonyl (C=O) groups is 1. The average Bonchev–Trinajstić information content (AvgIpc) is 1.93. The first kappa shape index (κ1) is 7.84. The maximum Gasteiger partial charge on any atom is 0.229 e. The van der Waals surface area contributed by atoms with Crippen molar-refractivity contribution in [1.29, 1.82) is 0 Å². The Morgan fingerprint density at radius 2 is 2.40 bits per heavy atom. The maximum absolute atomic E-state index is 10.9. The summed E-state index contributed by atoms with van der Waals surface area (Å²) in [5.74, 6) is -0.344. The largest absolute Gasteiger partial charge is 0.287 e. The highest BCUT2D eigenvalue weighted by Crippen LogP contribution is 2.13. The van der Waals surface area contributed by atoms with Crippen LogP contribution in [0.25, 0.3) is 0 Å². The molecule has 0 aliphatic carbocycles. The Labute approximate surface area is 71.4 Å². The van der Waals surface area contributed by atoms with Crippen molar-refractivity contribution >= 4 is 38.9 Å². The molecule has 1 rings (SSSR count). The lowest BCUT2D eigenvalue weighted by atomic mass is 10.3. The first-order valence-electron chi connectivity index (χ1n) is 2.53. The molecular formula is C5H4BrNO2S. The molecule has 1 aliphatic rings. The van der Waals surface area contributed by atoms with Gasteiger partial charge in [-0.15, -0.1) is 0 Å². The number of ketones is 1. The summed E-state index contributed by atoms with van der Waals surface area (Å²) in [6, 6.07) is 0. The molecule has 0 aromatic rings. The van der Waals surface area contributed by atoms with Crippen LogP contribution in [-0.2, 0) is 4.79 Å². The molecule has 10 heavy (non-hydrogen) atoms. The zero-order valence-electron chi connectivity index (χ0n) is 4.87. The fraction of sp³-hybridized carbons (Fsp3) is 0.200. The monoisotopic (exact) mass is 221 g/mol. The molecule has 1 aliphatic heterocycles. The smallest absolute Gasteiger partial charge is 0.229 e. The molecule has 5 heteroatoms. The van der Waals surface area contributed by atoms with Gasteiger partial charge < -0.3 is 0 Å². The van der Waals surface area contributed by atoms with Crippen molar-refractivity contribution in [3.8, 4) is 0 Å². The summed E-state index contributed by atoms with van der Waals surface area (Å²) in [5.41, 5.74) is 0. The minimum absolute atomic E-state index is 0.0608. The van der Waals surface area contributed by atoms with E-state index in [0.717, 1.165) is 5.06 Å². The summed E-state index contributed by atoms with van der Waals surface area (Å²) < 4.78 is 0.419. The van der Waals surface area contributed by atoms with E-state index < -0.39 is 0 Å². The average molecular weight is 222 g/mol. The highest BCUT2D eigenvalue weighted by molar-refractivity contribution is 9.12. The molecule has 1 N–H and O–H groups in total.